The van der Waals surface area contributed by atoms with Crippen LogP contribution in [0, 0.1) is 16.0 Å². The van der Waals surface area contributed by atoms with Crippen molar-refractivity contribution in [3.63, 3.8) is 0 Å². The van der Waals surface area contributed by atoms with E-state index in [0.29, 0.717) is 13.1 Å². The lowest BCUT2D eigenvalue weighted by Crippen LogP contribution is -2.58. The molecule has 0 aliphatic carbocycles. The predicted octanol–water partition coefficient (Wildman–Crippen LogP) is 2.15. The number of hydrogen-bond acceptors (Lipinski definition) is 9. The van der Waals surface area contributed by atoms with E-state index in [1.165, 1.54) is 4.90 Å². The number of alkyl halides is 3. The van der Waals surface area contributed by atoms with Crippen LogP contribution < -0.4 is 10.2 Å². The second-order valence-electron chi connectivity index (χ2n) is 7.93. The van der Waals surface area contributed by atoms with E-state index < -0.39 is 54.8 Å². The first-order valence-electron chi connectivity index (χ1n) is 10.2. The minimum atomic E-state index is -4.52. The number of nitro groups is 1. The molecule has 1 aromatic heterocycles. The van der Waals surface area contributed by atoms with E-state index in [2.05, 4.69) is 15.3 Å². The summed E-state index contributed by atoms with van der Waals surface area (Å²) in [6.45, 7) is 4.41. The van der Waals surface area contributed by atoms with E-state index in [4.69, 9.17) is 5.11 Å². The summed E-state index contributed by atoms with van der Waals surface area (Å²) in [6.07, 6.45) is -2.63. The van der Waals surface area contributed by atoms with Gasteiger partial charge in [0.25, 0.3) is 5.69 Å². The molecule has 196 valence electrons. The third-order valence-corrected chi connectivity index (χ3v) is 6.04. The number of nitrogens with zero attached hydrogens (tertiary/aromatic N) is 4. The number of hydrogen-bond donors (Lipinski definition) is 2. The van der Waals surface area contributed by atoms with Gasteiger partial charge in [-0.15, -0.1) is 0 Å². The van der Waals surface area contributed by atoms with Gasteiger partial charge in [0.1, 0.15) is 11.7 Å². The Bertz CT molecular complexity index is 1270. The van der Waals surface area contributed by atoms with Gasteiger partial charge >= 0.3 is 12.1 Å². The SMILES string of the molecule is CC(C)C1C(=O)NCCN1c1nccc(C(F)(F)F)n1.CS(=O)(=O)c1ccc([N+](=O)[O-])cc1C(=O)O. The van der Waals surface area contributed by atoms with Crippen molar-refractivity contribution < 1.29 is 41.2 Å². The zero-order chi connectivity index (χ0) is 27.4. The summed E-state index contributed by atoms with van der Waals surface area (Å²) in [5.74, 6) is -1.86. The Morgan fingerprint density at radius 2 is 1.94 bits per heavy atom. The maximum atomic E-state index is 12.7. The van der Waals surface area contributed by atoms with Gasteiger partial charge in [0.15, 0.2) is 9.84 Å². The largest absolute Gasteiger partial charge is 0.478 e. The highest BCUT2D eigenvalue weighted by atomic mass is 32.2. The molecule has 36 heavy (non-hydrogen) atoms. The average Bonchev–Trinajstić information content (AvgIpc) is 2.77. The summed E-state index contributed by atoms with van der Waals surface area (Å²) in [4.78, 5) is 40.7. The third-order valence-electron chi connectivity index (χ3n) is 4.88. The molecule has 2 N–H and O–H groups in total. The van der Waals surface area contributed by atoms with Crippen molar-refractivity contribution in [1.29, 1.82) is 0 Å². The summed E-state index contributed by atoms with van der Waals surface area (Å²) in [6, 6.07) is 2.84. The molecule has 1 fully saturated rings. The van der Waals surface area contributed by atoms with Crippen molar-refractivity contribution >= 4 is 33.3 Å². The number of carboxylic acids is 1. The van der Waals surface area contributed by atoms with Gasteiger partial charge in [-0.05, 0) is 18.1 Å². The molecule has 1 aliphatic heterocycles. The predicted molar refractivity (Wildman–Crippen MR) is 119 cm³/mol. The van der Waals surface area contributed by atoms with Gasteiger partial charge in [0, 0.05) is 37.7 Å². The van der Waals surface area contributed by atoms with Crippen LogP contribution in [-0.2, 0) is 20.8 Å². The van der Waals surface area contributed by atoms with Crippen LogP contribution in [-0.4, -0.2) is 65.7 Å². The summed E-state index contributed by atoms with van der Waals surface area (Å²) in [5.41, 5.74) is -2.07. The fraction of sp³-hybridized carbons (Fsp3) is 0.400. The normalized spacial score (nSPS) is 16.1. The highest BCUT2D eigenvalue weighted by molar-refractivity contribution is 7.90. The maximum Gasteiger partial charge on any atom is 0.433 e. The van der Waals surface area contributed by atoms with E-state index in [0.717, 1.165) is 36.7 Å². The Hall–Kier alpha value is -3.82. The fourth-order valence-electron chi connectivity index (χ4n) is 3.34. The Labute approximate surface area is 203 Å². The molecule has 1 aliphatic rings. The number of nitro benzene ring substituents is 1. The first kappa shape index (κ1) is 28.4. The molecule has 0 radical (unpaired) electrons. The minimum absolute atomic E-state index is 0.0616. The number of carbonyl (C=O) groups excluding carboxylic acids is 1. The molecular weight excluding hydrogens is 511 g/mol. The van der Waals surface area contributed by atoms with Gasteiger partial charge in [-0.3, -0.25) is 14.9 Å². The van der Waals surface area contributed by atoms with Crippen molar-refractivity contribution in [1.82, 2.24) is 15.3 Å². The van der Waals surface area contributed by atoms with Gasteiger partial charge in [0.2, 0.25) is 11.9 Å². The van der Waals surface area contributed by atoms with Crippen molar-refractivity contribution in [3.8, 4) is 0 Å². The average molecular weight is 533 g/mol. The Kier molecular flexibility index (Phi) is 8.56. The Balaban J connectivity index is 0.000000261. The second kappa shape index (κ2) is 10.8. The third kappa shape index (κ3) is 6.87. The number of sulfone groups is 1. The number of anilines is 1. The van der Waals surface area contributed by atoms with Gasteiger partial charge in [-0.2, -0.15) is 13.2 Å². The molecule has 1 amide bonds. The quantitative estimate of drug-likeness (QED) is 0.428. The molecule has 2 aromatic rings. The van der Waals surface area contributed by atoms with E-state index in [1.54, 1.807) is 0 Å². The summed E-state index contributed by atoms with van der Waals surface area (Å²) in [5, 5.41) is 21.8. The van der Waals surface area contributed by atoms with Crippen LogP contribution in [0.25, 0.3) is 0 Å². The Morgan fingerprint density at radius 1 is 1.31 bits per heavy atom. The summed E-state index contributed by atoms with van der Waals surface area (Å²) in [7, 11) is -3.72. The van der Waals surface area contributed by atoms with Crippen LogP contribution in [0.3, 0.4) is 0 Å². The monoisotopic (exact) mass is 533 g/mol. The Morgan fingerprint density at radius 3 is 2.44 bits per heavy atom. The molecule has 16 heteroatoms. The van der Waals surface area contributed by atoms with E-state index in [1.807, 2.05) is 13.8 Å². The maximum absolute atomic E-state index is 12.7. The van der Waals surface area contributed by atoms with E-state index in [9.17, 15) is 41.3 Å². The number of amides is 1. The minimum Gasteiger partial charge on any atom is -0.478 e. The van der Waals surface area contributed by atoms with Gasteiger partial charge in [-0.25, -0.2) is 23.2 Å². The van der Waals surface area contributed by atoms with Crippen molar-refractivity contribution in [2.45, 2.75) is 31.0 Å². The number of halogens is 3. The molecular formula is C20H22F3N5O7S. The van der Waals surface area contributed by atoms with Crippen LogP contribution in [0.1, 0.15) is 29.9 Å². The lowest BCUT2D eigenvalue weighted by Gasteiger charge is -2.37. The van der Waals surface area contributed by atoms with E-state index >= 15 is 0 Å². The molecule has 1 saturated heterocycles. The van der Waals surface area contributed by atoms with Gasteiger partial charge in [-0.1, -0.05) is 13.8 Å². The van der Waals surface area contributed by atoms with Crippen LogP contribution in [0.2, 0.25) is 0 Å². The van der Waals surface area contributed by atoms with Crippen LogP contribution in [0.15, 0.2) is 35.4 Å². The highest BCUT2D eigenvalue weighted by Crippen LogP contribution is 2.29. The van der Waals surface area contributed by atoms with Crippen LogP contribution >= 0.6 is 0 Å². The molecule has 0 spiro atoms. The van der Waals surface area contributed by atoms with Crippen molar-refractivity contribution in [3.05, 3.63) is 51.8 Å². The zero-order valence-electron chi connectivity index (χ0n) is 19.2. The molecule has 0 bridgehead atoms. The number of carboxylic acid groups (broad SMARTS) is 1. The molecule has 0 saturated carbocycles. The first-order valence-corrected chi connectivity index (χ1v) is 12.1. The topological polar surface area (TPSA) is 173 Å². The molecule has 1 atom stereocenters. The smallest absolute Gasteiger partial charge is 0.433 e. The number of aromatic carboxylic acids is 1. The number of piperazine rings is 1. The summed E-state index contributed by atoms with van der Waals surface area (Å²) >= 11 is 0. The van der Waals surface area contributed by atoms with Crippen LogP contribution in [0.4, 0.5) is 24.8 Å². The van der Waals surface area contributed by atoms with Crippen molar-refractivity contribution in [2.24, 2.45) is 5.92 Å². The number of carbonyl (C=O) groups is 2. The van der Waals surface area contributed by atoms with Crippen molar-refractivity contribution in [2.75, 3.05) is 24.2 Å². The number of nitrogens with one attached hydrogen (secondary N) is 1. The number of aromatic nitrogens is 2. The molecule has 1 aromatic carbocycles. The molecule has 12 nitrogen and oxygen atoms in total. The highest BCUT2D eigenvalue weighted by Gasteiger charge is 2.37. The van der Waals surface area contributed by atoms with E-state index in [-0.39, 0.29) is 17.8 Å². The van der Waals surface area contributed by atoms with Gasteiger partial charge in [0.05, 0.1) is 15.4 Å². The lowest BCUT2D eigenvalue weighted by molar-refractivity contribution is -0.384. The zero-order valence-corrected chi connectivity index (χ0v) is 20.0. The summed E-state index contributed by atoms with van der Waals surface area (Å²) < 4.78 is 60.5. The standard InChI is InChI=1S/C12H15F3N4O.C8H7NO6S/c1-7(2)9-10(20)16-5-6-19(9)11-17-4-3-8(18-11)12(13,14)15;1-16(14,15)7-3-2-5(9(12)13)4-6(7)8(10)11/h3-4,7,9H,5-6H2,1-2H3,(H,16,20);2-4H,1H3,(H,10,11). The second-order valence-corrected chi connectivity index (χ2v) is 9.91. The number of rotatable bonds is 5. The first-order chi connectivity index (χ1) is 16.5. The molecule has 2 heterocycles. The number of non-ortho nitro benzene ring substituents is 1. The molecule has 1 unspecified atom stereocenters. The molecule has 3 rings (SSSR count). The lowest BCUT2D eigenvalue weighted by atomic mass is 10.00. The van der Waals surface area contributed by atoms with Gasteiger partial charge < -0.3 is 15.3 Å². The fourth-order valence-corrected chi connectivity index (χ4v) is 4.20. The number of benzene rings is 1. The van der Waals surface area contributed by atoms with Crippen LogP contribution in [0.5, 0.6) is 0 Å².